The first-order valence-electron chi connectivity index (χ1n) is 6.87. The van der Waals surface area contributed by atoms with E-state index in [1.165, 1.54) is 12.7 Å². The summed E-state index contributed by atoms with van der Waals surface area (Å²) in [6.07, 6.45) is 6.17. The average Bonchev–Trinajstić information content (AvgIpc) is 2.97. The molecule has 0 radical (unpaired) electrons. The van der Waals surface area contributed by atoms with Crippen molar-refractivity contribution in [2.24, 2.45) is 5.41 Å². The Balaban J connectivity index is 1.91. The Labute approximate surface area is 130 Å². The predicted molar refractivity (Wildman–Crippen MR) is 79.1 cm³/mol. The molecule has 8 heteroatoms. The van der Waals surface area contributed by atoms with Gasteiger partial charge in [0.15, 0.2) is 19.1 Å². The van der Waals surface area contributed by atoms with Crippen LogP contribution < -0.4 is 4.68 Å². The molecule has 0 fully saturated rings. The maximum atomic E-state index is 11.8. The van der Waals surface area contributed by atoms with E-state index in [0.717, 1.165) is 5.56 Å². The lowest BCUT2D eigenvalue weighted by molar-refractivity contribution is -0.750. The molecule has 0 aliphatic heterocycles. The number of aromatic nitrogens is 3. The van der Waals surface area contributed by atoms with Crippen LogP contribution in [-0.2, 0) is 20.8 Å². The van der Waals surface area contributed by atoms with E-state index < -0.39 is 10.1 Å². The minimum atomic E-state index is -3.55. The van der Waals surface area contributed by atoms with Gasteiger partial charge in [-0.25, -0.2) is 4.98 Å². The van der Waals surface area contributed by atoms with E-state index in [1.807, 2.05) is 20.8 Å². The van der Waals surface area contributed by atoms with Gasteiger partial charge in [0.2, 0.25) is 0 Å². The number of hydrogen-bond acceptors (Lipinski definition) is 6. The molecule has 0 unspecified atom stereocenters. The van der Waals surface area contributed by atoms with Crippen LogP contribution in [-0.4, -0.2) is 30.9 Å². The number of rotatable bonds is 6. The summed E-state index contributed by atoms with van der Waals surface area (Å²) in [4.78, 5) is 4.02. The minimum absolute atomic E-state index is 0.121. The summed E-state index contributed by atoms with van der Waals surface area (Å²) in [6.45, 7) is 6.15. The van der Waals surface area contributed by atoms with Gasteiger partial charge in [-0.15, -0.1) is 0 Å². The first-order chi connectivity index (χ1) is 10.3. The standard InChI is InChI=1S/C14H20N3O4S/c1-14(2,3)10-21-22(18,19)7-6-17-5-4-12(8-16-17)13-9-20-11-15-13/h4-5,8-9,11H,6-7,10H2,1-3H3/q+1. The number of aryl methyl sites for hydroxylation is 1. The summed E-state index contributed by atoms with van der Waals surface area (Å²) in [7, 11) is -3.55. The summed E-state index contributed by atoms with van der Waals surface area (Å²) in [5.74, 6) is -0.121. The Hall–Kier alpha value is -1.80. The molecule has 2 aromatic rings. The second kappa shape index (κ2) is 6.53. The van der Waals surface area contributed by atoms with Crippen LogP contribution in [0.2, 0.25) is 0 Å². The van der Waals surface area contributed by atoms with Crippen LogP contribution in [0.4, 0.5) is 0 Å². The van der Waals surface area contributed by atoms with Crippen LogP contribution in [0.25, 0.3) is 11.3 Å². The second-order valence-electron chi connectivity index (χ2n) is 6.14. The van der Waals surface area contributed by atoms with Crippen LogP contribution >= 0.6 is 0 Å². The smallest absolute Gasteiger partial charge is 0.273 e. The molecule has 0 amide bonds. The van der Waals surface area contributed by atoms with Crippen LogP contribution in [0, 0.1) is 5.41 Å². The fourth-order valence-corrected chi connectivity index (χ4v) is 2.62. The molecule has 2 rings (SSSR count). The van der Waals surface area contributed by atoms with Crippen molar-refractivity contribution in [3.8, 4) is 11.3 Å². The van der Waals surface area contributed by atoms with Gasteiger partial charge < -0.3 is 4.42 Å². The Morgan fingerprint density at radius 2 is 2.14 bits per heavy atom. The normalized spacial score (nSPS) is 12.5. The molecule has 0 spiro atoms. The summed E-state index contributed by atoms with van der Waals surface area (Å²) in [5.41, 5.74) is 1.29. The zero-order chi connectivity index (χ0) is 16.2. The molecule has 0 aromatic carbocycles. The van der Waals surface area contributed by atoms with Crippen molar-refractivity contribution in [2.45, 2.75) is 27.3 Å². The quantitative estimate of drug-likeness (QED) is 0.589. The molecular formula is C14H20N3O4S+. The minimum Gasteiger partial charge on any atom is -0.451 e. The summed E-state index contributed by atoms with van der Waals surface area (Å²) >= 11 is 0. The Morgan fingerprint density at radius 1 is 1.36 bits per heavy atom. The lowest BCUT2D eigenvalue weighted by atomic mass is 9.99. The molecule has 2 aromatic heterocycles. The van der Waals surface area contributed by atoms with Gasteiger partial charge in [0.1, 0.15) is 23.9 Å². The van der Waals surface area contributed by atoms with Gasteiger partial charge in [-0.05, 0) is 10.5 Å². The number of oxazole rings is 1. The van der Waals surface area contributed by atoms with Crippen LogP contribution in [0.1, 0.15) is 20.8 Å². The van der Waals surface area contributed by atoms with Crippen molar-refractivity contribution in [1.29, 1.82) is 0 Å². The molecule has 0 N–H and O–H groups in total. The fraction of sp³-hybridized carbons (Fsp3) is 0.500. The molecule has 2 heterocycles. The third-order valence-electron chi connectivity index (χ3n) is 2.74. The van der Waals surface area contributed by atoms with Gasteiger partial charge in [-0.2, -0.15) is 8.42 Å². The average molecular weight is 326 g/mol. The molecule has 0 bridgehead atoms. The van der Waals surface area contributed by atoms with Crippen molar-refractivity contribution < 1.29 is 21.7 Å². The second-order valence-corrected chi connectivity index (χ2v) is 7.90. The highest BCUT2D eigenvalue weighted by Crippen LogP contribution is 2.15. The molecule has 0 saturated heterocycles. The van der Waals surface area contributed by atoms with Gasteiger partial charge >= 0.3 is 0 Å². The van der Waals surface area contributed by atoms with Crippen LogP contribution in [0.5, 0.6) is 0 Å². The van der Waals surface area contributed by atoms with Crippen molar-refractivity contribution in [3.05, 3.63) is 31.1 Å². The Kier molecular flexibility index (Phi) is 4.92. The topological polar surface area (TPSA) is 86.2 Å². The molecule has 0 aliphatic rings. The summed E-state index contributed by atoms with van der Waals surface area (Å²) in [6, 6.07) is 1.80. The third kappa shape index (κ3) is 5.19. The van der Waals surface area contributed by atoms with Gasteiger partial charge in [0.25, 0.3) is 10.1 Å². The summed E-state index contributed by atoms with van der Waals surface area (Å²) in [5, 5.41) is 4.16. The van der Waals surface area contributed by atoms with Crippen LogP contribution in [0.3, 0.4) is 0 Å². The van der Waals surface area contributed by atoms with Crippen molar-refractivity contribution in [2.75, 3.05) is 12.4 Å². The van der Waals surface area contributed by atoms with Gasteiger partial charge in [0.05, 0.1) is 6.61 Å². The third-order valence-corrected chi connectivity index (χ3v) is 3.90. The van der Waals surface area contributed by atoms with Crippen molar-refractivity contribution in [1.82, 2.24) is 10.1 Å². The number of hydrogen-bond donors (Lipinski definition) is 0. The summed E-state index contributed by atoms with van der Waals surface area (Å²) < 4.78 is 35.1. The van der Waals surface area contributed by atoms with E-state index in [0.29, 0.717) is 5.69 Å². The molecular weight excluding hydrogens is 306 g/mol. The Bertz CT molecular complexity index is 689. The predicted octanol–water partition coefficient (Wildman–Crippen LogP) is 1.42. The zero-order valence-corrected chi connectivity index (χ0v) is 13.7. The molecule has 22 heavy (non-hydrogen) atoms. The fourth-order valence-electron chi connectivity index (χ4n) is 1.55. The first-order valence-corrected chi connectivity index (χ1v) is 8.44. The van der Waals surface area contributed by atoms with E-state index in [2.05, 4.69) is 10.1 Å². The largest absolute Gasteiger partial charge is 0.451 e. The molecule has 0 atom stereocenters. The lowest BCUT2D eigenvalue weighted by Gasteiger charge is -2.17. The maximum absolute atomic E-state index is 11.8. The SMILES string of the molecule is CC(C)(C)COS(=O)(=O)CC[n+]1ccc(-c2cocn2)cn1. The zero-order valence-electron chi connectivity index (χ0n) is 12.9. The molecule has 120 valence electrons. The first kappa shape index (κ1) is 16.6. The monoisotopic (exact) mass is 326 g/mol. The highest BCUT2D eigenvalue weighted by atomic mass is 32.2. The van der Waals surface area contributed by atoms with Crippen LogP contribution in [0.15, 0.2) is 35.5 Å². The van der Waals surface area contributed by atoms with E-state index in [-0.39, 0.29) is 24.3 Å². The molecule has 0 saturated carbocycles. The van der Waals surface area contributed by atoms with Gasteiger partial charge in [0, 0.05) is 11.6 Å². The van der Waals surface area contributed by atoms with Crippen molar-refractivity contribution in [3.63, 3.8) is 0 Å². The molecule has 7 nitrogen and oxygen atoms in total. The van der Waals surface area contributed by atoms with E-state index in [4.69, 9.17) is 8.60 Å². The lowest BCUT2D eigenvalue weighted by Crippen LogP contribution is -2.40. The molecule has 0 aliphatic carbocycles. The van der Waals surface area contributed by atoms with Gasteiger partial charge in [-0.1, -0.05) is 25.5 Å². The van der Waals surface area contributed by atoms with Crippen molar-refractivity contribution >= 4 is 10.1 Å². The highest BCUT2D eigenvalue weighted by molar-refractivity contribution is 7.86. The maximum Gasteiger partial charge on any atom is 0.273 e. The van der Waals surface area contributed by atoms with E-state index in [9.17, 15) is 8.42 Å². The van der Waals surface area contributed by atoms with E-state index in [1.54, 1.807) is 23.1 Å². The number of nitrogens with zero attached hydrogens (tertiary/aromatic N) is 3. The van der Waals surface area contributed by atoms with E-state index >= 15 is 0 Å². The van der Waals surface area contributed by atoms with Gasteiger partial charge in [-0.3, -0.25) is 4.18 Å². The Morgan fingerprint density at radius 3 is 2.68 bits per heavy atom. The highest BCUT2D eigenvalue weighted by Gasteiger charge is 2.20.